The largest absolute Gasteiger partial charge is 0.264 e. The molecule has 3 nitrogen and oxygen atoms in total. The van der Waals surface area contributed by atoms with E-state index in [2.05, 4.69) is 4.18 Å². The Kier molecular flexibility index (Phi) is 4.60. The van der Waals surface area contributed by atoms with Gasteiger partial charge in [-0.05, 0) is 0 Å². The van der Waals surface area contributed by atoms with Crippen LogP contribution in [0.3, 0.4) is 0 Å². The number of rotatable bonds is 4. The molecule has 0 amide bonds. The van der Waals surface area contributed by atoms with E-state index in [4.69, 9.17) is 23.2 Å². The maximum atomic E-state index is 10.4. The molecule has 0 unspecified atom stereocenters. The molecule has 0 heterocycles. The van der Waals surface area contributed by atoms with E-state index < -0.39 is 16.2 Å². The van der Waals surface area contributed by atoms with Crippen molar-refractivity contribution >= 4 is 33.3 Å². The van der Waals surface area contributed by atoms with Gasteiger partial charge >= 0.3 is 0 Å². The van der Waals surface area contributed by atoms with Crippen LogP contribution in [0.2, 0.25) is 0 Å². The van der Waals surface area contributed by atoms with Crippen molar-refractivity contribution < 1.29 is 12.6 Å². The molecule has 0 aromatic carbocycles. The molecule has 0 saturated heterocycles. The second kappa shape index (κ2) is 4.38. The average Bonchev–Trinajstić information content (AvgIpc) is 1.81. The van der Waals surface area contributed by atoms with Crippen LogP contribution in [0.5, 0.6) is 0 Å². The third kappa shape index (κ3) is 5.29. The molecule has 0 rings (SSSR count). The summed E-state index contributed by atoms with van der Waals surface area (Å²) in [4.78, 5) is 0. The number of halogens is 2. The minimum absolute atomic E-state index is 0.0799. The molecular weight excluding hydrogens is 199 g/mol. The van der Waals surface area contributed by atoms with Gasteiger partial charge in [0.15, 0.2) is 0 Å². The van der Waals surface area contributed by atoms with E-state index >= 15 is 0 Å². The molecule has 0 bridgehead atoms. The lowest BCUT2D eigenvalue weighted by molar-refractivity contribution is 0.257. The Hall–Kier alpha value is 0.490. The van der Waals surface area contributed by atoms with Gasteiger partial charge in [0.25, 0.3) is 10.1 Å². The first-order valence-corrected chi connectivity index (χ1v) is 5.38. The monoisotopic (exact) mass is 206 g/mol. The molecule has 0 aliphatic rings. The van der Waals surface area contributed by atoms with E-state index in [0.29, 0.717) is 0 Å². The van der Waals surface area contributed by atoms with Gasteiger partial charge in [-0.2, -0.15) is 8.42 Å². The van der Waals surface area contributed by atoms with E-state index in [9.17, 15) is 8.42 Å². The number of hydrogen-bond donors (Lipinski definition) is 0. The maximum absolute atomic E-state index is 10.4. The van der Waals surface area contributed by atoms with Crippen molar-refractivity contribution in [3.8, 4) is 0 Å². The summed E-state index contributed by atoms with van der Waals surface area (Å²) in [5.41, 5.74) is 0. The molecule has 0 spiro atoms. The molecule has 0 aliphatic heterocycles. The summed E-state index contributed by atoms with van der Waals surface area (Å²) >= 11 is 10.6. The van der Waals surface area contributed by atoms with Crippen LogP contribution in [0.4, 0.5) is 0 Å². The summed E-state index contributed by atoms with van der Waals surface area (Å²) in [5, 5.41) is 0. The fourth-order valence-electron chi connectivity index (χ4n) is 0.340. The molecule has 0 aliphatic carbocycles. The van der Waals surface area contributed by atoms with E-state index in [1.165, 1.54) is 0 Å². The molecule has 0 fully saturated rings. The van der Waals surface area contributed by atoms with Gasteiger partial charge < -0.3 is 0 Å². The minimum atomic E-state index is -3.42. The van der Waals surface area contributed by atoms with E-state index in [1.807, 2.05) is 0 Å². The molecule has 0 N–H and O–H groups in total. The van der Waals surface area contributed by atoms with Crippen LogP contribution < -0.4 is 0 Å². The van der Waals surface area contributed by atoms with Gasteiger partial charge in [-0.3, -0.25) is 4.18 Å². The molecule has 0 saturated carbocycles. The quantitative estimate of drug-likeness (QED) is 0.506. The standard InChI is InChI=1S/C4H8Cl2O3S/c1-10(7,8)9-4(2-5)3-6/h4H,2-3H2,1H3. The zero-order valence-corrected chi connectivity index (χ0v) is 7.71. The highest BCUT2D eigenvalue weighted by Crippen LogP contribution is 2.01. The van der Waals surface area contributed by atoms with Crippen LogP contribution in [0.15, 0.2) is 0 Å². The second-order valence-corrected chi connectivity index (χ2v) is 3.95. The summed E-state index contributed by atoms with van der Waals surface area (Å²) in [7, 11) is -3.42. The third-order valence-electron chi connectivity index (χ3n) is 0.655. The van der Waals surface area contributed by atoms with Gasteiger partial charge in [-0.25, -0.2) is 0 Å². The van der Waals surface area contributed by atoms with Gasteiger partial charge in [0, 0.05) is 0 Å². The molecule has 0 radical (unpaired) electrons. The Balaban J connectivity index is 3.87. The third-order valence-corrected chi connectivity index (χ3v) is 1.97. The predicted octanol–water partition coefficient (Wildman–Crippen LogP) is 0.809. The highest BCUT2D eigenvalue weighted by Gasteiger charge is 2.12. The predicted molar refractivity (Wildman–Crippen MR) is 41.2 cm³/mol. The van der Waals surface area contributed by atoms with Crippen LogP contribution in [-0.4, -0.2) is 32.5 Å². The first-order chi connectivity index (χ1) is 4.49. The number of alkyl halides is 2. The lowest BCUT2D eigenvalue weighted by Gasteiger charge is -2.07. The Labute approximate surface area is 70.4 Å². The van der Waals surface area contributed by atoms with E-state index in [1.54, 1.807) is 0 Å². The number of hydrogen-bond acceptors (Lipinski definition) is 3. The smallest absolute Gasteiger partial charge is 0.264 e. The zero-order valence-electron chi connectivity index (χ0n) is 5.38. The van der Waals surface area contributed by atoms with Gasteiger partial charge in [0.2, 0.25) is 0 Å². The van der Waals surface area contributed by atoms with Gasteiger partial charge in [0.05, 0.1) is 18.0 Å². The Morgan fingerprint density at radius 3 is 1.90 bits per heavy atom. The van der Waals surface area contributed by atoms with Crippen molar-refractivity contribution in [3.63, 3.8) is 0 Å². The molecular formula is C4H8Cl2O3S. The van der Waals surface area contributed by atoms with Crippen LogP contribution in [0.1, 0.15) is 0 Å². The van der Waals surface area contributed by atoms with Gasteiger partial charge in [0.1, 0.15) is 6.10 Å². The minimum Gasteiger partial charge on any atom is -0.264 e. The summed E-state index contributed by atoms with van der Waals surface area (Å²) in [6.07, 6.45) is 0.345. The van der Waals surface area contributed by atoms with Crippen LogP contribution in [-0.2, 0) is 14.3 Å². The van der Waals surface area contributed by atoms with Crippen LogP contribution in [0.25, 0.3) is 0 Å². The first-order valence-electron chi connectivity index (χ1n) is 2.49. The lowest BCUT2D eigenvalue weighted by atomic mass is 10.5. The average molecular weight is 207 g/mol. The SMILES string of the molecule is CS(=O)(=O)OC(CCl)CCl. The highest BCUT2D eigenvalue weighted by atomic mass is 35.5. The molecule has 62 valence electrons. The Morgan fingerprint density at radius 1 is 1.40 bits per heavy atom. The van der Waals surface area contributed by atoms with E-state index in [0.717, 1.165) is 6.26 Å². The fourth-order valence-corrected chi connectivity index (χ4v) is 1.58. The van der Waals surface area contributed by atoms with Gasteiger partial charge in [-0.1, -0.05) is 0 Å². The lowest BCUT2D eigenvalue weighted by Crippen LogP contribution is -2.20. The maximum Gasteiger partial charge on any atom is 0.264 e. The van der Waals surface area contributed by atoms with Crippen molar-refractivity contribution in [3.05, 3.63) is 0 Å². The van der Waals surface area contributed by atoms with Crippen LogP contribution >= 0.6 is 23.2 Å². The van der Waals surface area contributed by atoms with Crippen molar-refractivity contribution in [2.24, 2.45) is 0 Å². The van der Waals surface area contributed by atoms with Crippen molar-refractivity contribution in [1.82, 2.24) is 0 Å². The summed E-state index contributed by atoms with van der Waals surface area (Å²) in [6.45, 7) is 0. The Bertz CT molecular complexity index is 173. The molecule has 6 heteroatoms. The van der Waals surface area contributed by atoms with Crippen molar-refractivity contribution in [2.45, 2.75) is 6.10 Å². The van der Waals surface area contributed by atoms with Crippen molar-refractivity contribution in [1.29, 1.82) is 0 Å². The highest BCUT2D eigenvalue weighted by molar-refractivity contribution is 7.86. The fraction of sp³-hybridized carbons (Fsp3) is 1.00. The Morgan fingerprint density at radius 2 is 1.80 bits per heavy atom. The molecule has 0 aromatic rings. The molecule has 0 atom stereocenters. The first kappa shape index (κ1) is 10.5. The summed E-state index contributed by atoms with van der Waals surface area (Å²) in [6, 6.07) is 0. The van der Waals surface area contributed by atoms with E-state index in [-0.39, 0.29) is 11.8 Å². The van der Waals surface area contributed by atoms with Gasteiger partial charge in [-0.15, -0.1) is 23.2 Å². The zero-order chi connectivity index (χ0) is 8.20. The molecule has 10 heavy (non-hydrogen) atoms. The normalized spacial score (nSPS) is 12.4. The summed E-state index contributed by atoms with van der Waals surface area (Å²) in [5.74, 6) is 0.160. The van der Waals surface area contributed by atoms with Crippen molar-refractivity contribution in [2.75, 3.05) is 18.0 Å². The topological polar surface area (TPSA) is 43.4 Å². The summed E-state index contributed by atoms with van der Waals surface area (Å²) < 4.78 is 25.3. The molecule has 0 aromatic heterocycles. The van der Waals surface area contributed by atoms with Crippen LogP contribution in [0, 0.1) is 0 Å². The second-order valence-electron chi connectivity index (χ2n) is 1.73.